The third-order valence-electron chi connectivity index (χ3n) is 1.58. The maximum Gasteiger partial charge on any atom is 0.130 e. The Bertz CT molecular complexity index is 285. The second-order valence-corrected chi connectivity index (χ2v) is 3.47. The molecule has 100 valence electrons. The number of hydrogen-bond donors (Lipinski definition) is 4. The highest BCUT2D eigenvalue weighted by atomic mass is 32.1. The Morgan fingerprint density at radius 3 is 1.28 bits per heavy atom. The number of nitriles is 2. The molecular formula is C10H18N6S2. The first-order chi connectivity index (χ1) is 8.62. The van der Waals surface area contributed by atoms with Crippen LogP contribution in [0.4, 0.5) is 0 Å². The van der Waals surface area contributed by atoms with E-state index in [1.54, 1.807) is 0 Å². The van der Waals surface area contributed by atoms with E-state index in [1.807, 2.05) is 38.9 Å². The van der Waals surface area contributed by atoms with Crippen LogP contribution < -0.4 is 10.6 Å². The molecule has 2 heterocycles. The topological polar surface area (TPSA) is 78.1 Å². The van der Waals surface area contributed by atoms with Crippen LogP contribution in [-0.2, 0) is 0 Å². The van der Waals surface area contributed by atoms with Crippen molar-refractivity contribution in [2.75, 3.05) is 27.4 Å². The van der Waals surface area contributed by atoms with Crippen molar-refractivity contribution >= 4 is 25.3 Å². The Balaban J connectivity index is 0. The normalized spacial score (nSPS) is 13.2. The summed E-state index contributed by atoms with van der Waals surface area (Å²) in [5.74, 6) is 0. The lowest BCUT2D eigenvalue weighted by Crippen LogP contribution is -2.14. The maximum atomic E-state index is 7.18. The van der Waals surface area contributed by atoms with Crippen LogP contribution in [0.2, 0.25) is 0 Å². The number of nitrogens with zero attached hydrogens (tertiary/aromatic N) is 4. The monoisotopic (exact) mass is 286 g/mol. The van der Waals surface area contributed by atoms with Gasteiger partial charge in [-0.3, -0.25) is 0 Å². The number of nitrogens with one attached hydrogen (secondary N) is 2. The molecule has 0 amide bonds. The average molecular weight is 286 g/mol. The molecule has 2 aliphatic rings. The van der Waals surface area contributed by atoms with Crippen molar-refractivity contribution in [1.29, 1.82) is 10.5 Å². The molecule has 0 bridgehead atoms. The summed E-state index contributed by atoms with van der Waals surface area (Å²) in [5, 5.41) is 23.3. The molecule has 0 saturated heterocycles. The van der Waals surface area contributed by atoms with Gasteiger partial charge in [-0.25, -0.2) is 0 Å². The SMILES string of the molecule is CN1C=CNC1.CN1C=CNC1.N#CS.N#CS. The number of hydrogen-bond acceptors (Lipinski definition) is 8. The number of thiol groups is 2. The van der Waals surface area contributed by atoms with Gasteiger partial charge < -0.3 is 20.4 Å². The van der Waals surface area contributed by atoms with E-state index in [0.717, 1.165) is 13.3 Å². The van der Waals surface area contributed by atoms with Crippen LogP contribution in [0.1, 0.15) is 0 Å². The van der Waals surface area contributed by atoms with Gasteiger partial charge in [0.25, 0.3) is 0 Å². The van der Waals surface area contributed by atoms with Crippen LogP contribution in [-0.4, -0.2) is 37.2 Å². The molecule has 0 spiro atoms. The fraction of sp³-hybridized carbons (Fsp3) is 0.400. The van der Waals surface area contributed by atoms with Gasteiger partial charge in [0.1, 0.15) is 10.8 Å². The number of rotatable bonds is 0. The molecule has 2 N–H and O–H groups in total. The van der Waals surface area contributed by atoms with E-state index in [1.165, 1.54) is 10.8 Å². The lowest BCUT2D eigenvalue weighted by Gasteiger charge is -2.02. The second kappa shape index (κ2) is 15.4. The quantitative estimate of drug-likeness (QED) is 0.388. The molecule has 0 unspecified atom stereocenters. The van der Waals surface area contributed by atoms with Crippen molar-refractivity contribution in [3.8, 4) is 10.8 Å². The fourth-order valence-electron chi connectivity index (χ4n) is 0.859. The molecule has 0 fully saturated rings. The standard InChI is InChI=1S/2C4H8N2.2CHNS/c2*1-6-3-2-5-4-6;2*2-1-3/h2*2-3,5H,4H2,1H3;2*3H. The van der Waals surface area contributed by atoms with E-state index < -0.39 is 0 Å². The van der Waals surface area contributed by atoms with Gasteiger partial charge in [-0.2, -0.15) is 10.5 Å². The summed E-state index contributed by atoms with van der Waals surface area (Å²) in [6.45, 7) is 1.92. The highest BCUT2D eigenvalue weighted by molar-refractivity contribution is 7.85. The zero-order chi connectivity index (χ0) is 14.2. The lowest BCUT2D eigenvalue weighted by molar-refractivity contribution is 0.474. The van der Waals surface area contributed by atoms with Gasteiger partial charge in [-0.1, -0.05) is 25.3 Å². The maximum absolute atomic E-state index is 7.18. The van der Waals surface area contributed by atoms with Gasteiger partial charge in [0.05, 0.1) is 13.3 Å². The fourth-order valence-corrected chi connectivity index (χ4v) is 0.859. The van der Waals surface area contributed by atoms with Crippen molar-refractivity contribution in [3.63, 3.8) is 0 Å². The molecule has 18 heavy (non-hydrogen) atoms. The van der Waals surface area contributed by atoms with Gasteiger partial charge in [0.2, 0.25) is 0 Å². The molecule has 0 aromatic rings. The zero-order valence-electron chi connectivity index (χ0n) is 10.4. The molecular weight excluding hydrogens is 268 g/mol. The van der Waals surface area contributed by atoms with Gasteiger partial charge in [0, 0.05) is 38.9 Å². The van der Waals surface area contributed by atoms with Gasteiger partial charge in [0.15, 0.2) is 0 Å². The molecule has 2 aliphatic heterocycles. The van der Waals surface area contributed by atoms with E-state index in [9.17, 15) is 0 Å². The first-order valence-corrected chi connectivity index (χ1v) is 5.78. The second-order valence-electron chi connectivity index (χ2n) is 3.07. The molecule has 2 rings (SSSR count). The minimum atomic E-state index is 0.958. The summed E-state index contributed by atoms with van der Waals surface area (Å²) < 4.78 is 0. The van der Waals surface area contributed by atoms with Crippen molar-refractivity contribution in [3.05, 3.63) is 24.8 Å². The molecule has 8 heteroatoms. The molecule has 0 saturated carbocycles. The number of thiocyanates is 2. The van der Waals surface area contributed by atoms with E-state index >= 15 is 0 Å². The van der Waals surface area contributed by atoms with Crippen molar-refractivity contribution in [2.24, 2.45) is 0 Å². The Morgan fingerprint density at radius 2 is 1.22 bits per heavy atom. The van der Waals surface area contributed by atoms with Crippen molar-refractivity contribution in [1.82, 2.24) is 20.4 Å². The van der Waals surface area contributed by atoms with E-state index in [-0.39, 0.29) is 0 Å². The summed E-state index contributed by atoms with van der Waals surface area (Å²) in [5.41, 5.74) is 0. The van der Waals surface area contributed by atoms with Crippen molar-refractivity contribution < 1.29 is 0 Å². The molecule has 0 aromatic heterocycles. The van der Waals surface area contributed by atoms with Crippen LogP contribution in [0.5, 0.6) is 0 Å². The van der Waals surface area contributed by atoms with Crippen LogP contribution in [0.25, 0.3) is 0 Å². The molecule has 0 aromatic carbocycles. The molecule has 6 nitrogen and oxygen atoms in total. The highest BCUT2D eigenvalue weighted by Crippen LogP contribution is 1.85. The Kier molecular flexibility index (Phi) is 16.0. The third kappa shape index (κ3) is 16.8. The minimum absolute atomic E-state index is 0.958. The smallest absolute Gasteiger partial charge is 0.130 e. The Labute approximate surface area is 119 Å². The summed E-state index contributed by atoms with van der Waals surface area (Å²) >= 11 is 6.19. The lowest BCUT2D eigenvalue weighted by atomic mass is 10.9. The largest absolute Gasteiger partial charge is 0.373 e. The average Bonchev–Trinajstić information content (AvgIpc) is 2.95. The van der Waals surface area contributed by atoms with Gasteiger partial charge in [-0.15, -0.1) is 0 Å². The molecule has 0 aliphatic carbocycles. The predicted molar refractivity (Wildman–Crippen MR) is 79.0 cm³/mol. The highest BCUT2D eigenvalue weighted by Gasteiger charge is 1.91. The minimum Gasteiger partial charge on any atom is -0.373 e. The summed E-state index contributed by atoms with van der Waals surface area (Å²) in [6.07, 6.45) is 7.86. The predicted octanol–water partition coefficient (Wildman–Crippen LogP) is 0.695. The first-order valence-electron chi connectivity index (χ1n) is 4.89. The Morgan fingerprint density at radius 1 is 0.944 bits per heavy atom. The van der Waals surface area contributed by atoms with Gasteiger partial charge >= 0.3 is 0 Å². The van der Waals surface area contributed by atoms with Gasteiger partial charge in [-0.05, 0) is 0 Å². The molecule has 0 atom stereocenters. The summed E-state index contributed by atoms with van der Waals surface area (Å²) in [7, 11) is 4.05. The van der Waals surface area contributed by atoms with Crippen LogP contribution in [0.3, 0.4) is 0 Å². The Hall–Kier alpha value is -1.64. The van der Waals surface area contributed by atoms with Crippen LogP contribution in [0.15, 0.2) is 24.8 Å². The van der Waals surface area contributed by atoms with E-state index in [2.05, 4.69) is 45.7 Å². The van der Waals surface area contributed by atoms with E-state index in [4.69, 9.17) is 10.5 Å². The third-order valence-corrected chi connectivity index (χ3v) is 1.58. The molecule has 0 radical (unpaired) electrons. The first kappa shape index (κ1) is 18.7. The summed E-state index contributed by atoms with van der Waals surface area (Å²) in [6, 6.07) is 0. The van der Waals surface area contributed by atoms with Crippen LogP contribution in [0, 0.1) is 21.3 Å². The van der Waals surface area contributed by atoms with Crippen molar-refractivity contribution in [2.45, 2.75) is 0 Å². The van der Waals surface area contributed by atoms with E-state index in [0.29, 0.717) is 0 Å². The summed E-state index contributed by atoms with van der Waals surface area (Å²) in [4.78, 5) is 4.14. The zero-order valence-corrected chi connectivity index (χ0v) is 12.2. The van der Waals surface area contributed by atoms with Crippen LogP contribution >= 0.6 is 25.3 Å².